The van der Waals surface area contributed by atoms with Crippen LogP contribution in [0.1, 0.15) is 34.1 Å². The number of hydrogen-bond acceptors (Lipinski definition) is 4. The number of nitrogens with zero attached hydrogens (tertiary/aromatic N) is 2. The van der Waals surface area contributed by atoms with E-state index in [1.165, 1.54) is 0 Å². The van der Waals surface area contributed by atoms with E-state index in [2.05, 4.69) is 10.2 Å². The van der Waals surface area contributed by atoms with Crippen molar-refractivity contribution in [2.24, 2.45) is 0 Å². The van der Waals surface area contributed by atoms with Crippen molar-refractivity contribution in [3.63, 3.8) is 0 Å². The van der Waals surface area contributed by atoms with Crippen LogP contribution in [0.25, 0.3) is 0 Å². The highest BCUT2D eigenvalue weighted by atomic mass is 32.2. The minimum atomic E-state index is -1.48. The predicted octanol–water partition coefficient (Wildman–Crippen LogP) is 2.51. The largest absolute Gasteiger partial charge is 0.606 e. The molecule has 6 nitrogen and oxygen atoms in total. The lowest BCUT2D eigenvalue weighted by Crippen LogP contribution is -2.31. The Hall–Kier alpha value is -2.35. The molecule has 28 heavy (non-hydrogen) atoms. The van der Waals surface area contributed by atoms with E-state index in [-0.39, 0.29) is 11.8 Å². The average Bonchev–Trinajstić information content (AvgIpc) is 2.78. The summed E-state index contributed by atoms with van der Waals surface area (Å²) in [5.41, 5.74) is 1.43. The summed E-state index contributed by atoms with van der Waals surface area (Å²) in [4.78, 5) is 30.2. The molecular weight excluding hydrogens is 374 g/mol. The van der Waals surface area contributed by atoms with Gasteiger partial charge in [0, 0.05) is 29.8 Å². The SMILES string of the molecule is CCN1C(=O)c2ccccc2[S+]([O-])c2ccc(C(=O)NCCCN(C)C)cc21. The van der Waals surface area contributed by atoms with E-state index in [0.29, 0.717) is 39.7 Å². The van der Waals surface area contributed by atoms with Gasteiger partial charge in [-0.25, -0.2) is 0 Å². The molecule has 1 aliphatic rings. The zero-order valence-electron chi connectivity index (χ0n) is 16.4. The maximum absolute atomic E-state index is 13.1. The number of nitrogens with one attached hydrogen (secondary N) is 1. The Balaban J connectivity index is 1.91. The van der Waals surface area contributed by atoms with Gasteiger partial charge in [-0.1, -0.05) is 12.1 Å². The molecule has 0 saturated carbocycles. The van der Waals surface area contributed by atoms with E-state index < -0.39 is 11.2 Å². The summed E-state index contributed by atoms with van der Waals surface area (Å²) in [6.07, 6.45) is 0.850. The van der Waals surface area contributed by atoms with Gasteiger partial charge in [-0.2, -0.15) is 0 Å². The van der Waals surface area contributed by atoms with E-state index in [0.717, 1.165) is 13.0 Å². The molecule has 1 heterocycles. The third-order valence-electron chi connectivity index (χ3n) is 4.66. The molecule has 1 aliphatic heterocycles. The minimum Gasteiger partial charge on any atom is -0.606 e. The van der Waals surface area contributed by atoms with Crippen molar-refractivity contribution < 1.29 is 14.1 Å². The third-order valence-corrected chi connectivity index (χ3v) is 6.16. The smallest absolute Gasteiger partial charge is 0.263 e. The Morgan fingerprint density at radius 3 is 2.64 bits per heavy atom. The molecule has 7 heteroatoms. The van der Waals surface area contributed by atoms with Crippen molar-refractivity contribution in [2.45, 2.75) is 23.1 Å². The lowest BCUT2D eigenvalue weighted by atomic mass is 10.1. The summed E-state index contributed by atoms with van der Waals surface area (Å²) >= 11 is -1.48. The van der Waals surface area contributed by atoms with Gasteiger partial charge in [-0.05, 0) is 64.3 Å². The standard InChI is InChI=1S/C21H25N3O3S/c1-4-24-17-14-15(20(25)22-12-7-13-23(2)3)10-11-19(17)28(27)18-9-6-5-8-16(18)21(24)26/h5-6,8-11,14H,4,7,12-13H2,1-3H3,(H,22,25). The van der Waals surface area contributed by atoms with Crippen LogP contribution in [0.4, 0.5) is 5.69 Å². The number of carbonyl (C=O) groups excluding carboxylic acids is 2. The van der Waals surface area contributed by atoms with Gasteiger partial charge < -0.3 is 19.7 Å². The van der Waals surface area contributed by atoms with Crippen LogP contribution in [0.5, 0.6) is 0 Å². The first-order valence-electron chi connectivity index (χ1n) is 9.33. The molecule has 1 atom stereocenters. The Bertz CT molecular complexity index is 885. The van der Waals surface area contributed by atoms with Crippen LogP contribution in [0.2, 0.25) is 0 Å². The number of fused-ring (bicyclic) bond motifs is 2. The maximum Gasteiger partial charge on any atom is 0.263 e. The van der Waals surface area contributed by atoms with Crippen LogP contribution in [0.15, 0.2) is 52.3 Å². The molecule has 1 unspecified atom stereocenters. The van der Waals surface area contributed by atoms with Gasteiger partial charge in [0.15, 0.2) is 9.79 Å². The fraction of sp³-hybridized carbons (Fsp3) is 0.333. The molecular formula is C21H25N3O3S. The van der Waals surface area contributed by atoms with Crippen molar-refractivity contribution >= 4 is 28.7 Å². The number of amides is 2. The third kappa shape index (κ3) is 4.06. The van der Waals surface area contributed by atoms with Crippen molar-refractivity contribution in [3.8, 4) is 0 Å². The first-order valence-corrected chi connectivity index (χ1v) is 10.5. The van der Waals surface area contributed by atoms with Crippen molar-refractivity contribution in [2.75, 3.05) is 38.6 Å². The Labute approximate surface area is 168 Å². The van der Waals surface area contributed by atoms with E-state index in [4.69, 9.17) is 0 Å². The monoisotopic (exact) mass is 399 g/mol. The summed E-state index contributed by atoms with van der Waals surface area (Å²) in [6.45, 7) is 3.75. The number of benzene rings is 2. The summed E-state index contributed by atoms with van der Waals surface area (Å²) in [5, 5.41) is 2.90. The highest BCUT2D eigenvalue weighted by Crippen LogP contribution is 2.37. The van der Waals surface area contributed by atoms with Crippen LogP contribution in [0, 0.1) is 0 Å². The Kier molecular flexibility index (Phi) is 6.39. The maximum atomic E-state index is 13.1. The van der Waals surface area contributed by atoms with Gasteiger partial charge in [-0.15, -0.1) is 0 Å². The summed E-state index contributed by atoms with van der Waals surface area (Å²) in [6, 6.07) is 12.0. The highest BCUT2D eigenvalue weighted by Gasteiger charge is 2.35. The fourth-order valence-electron chi connectivity index (χ4n) is 3.22. The first kappa shape index (κ1) is 20.4. The van der Waals surface area contributed by atoms with Gasteiger partial charge in [-0.3, -0.25) is 9.59 Å². The minimum absolute atomic E-state index is 0.197. The van der Waals surface area contributed by atoms with Gasteiger partial charge >= 0.3 is 0 Å². The quantitative estimate of drug-likeness (QED) is 0.598. The summed E-state index contributed by atoms with van der Waals surface area (Å²) in [7, 11) is 3.98. The van der Waals surface area contributed by atoms with Gasteiger partial charge in [0.2, 0.25) is 0 Å². The van der Waals surface area contributed by atoms with Crippen LogP contribution >= 0.6 is 0 Å². The fourth-order valence-corrected chi connectivity index (χ4v) is 4.56. The topological polar surface area (TPSA) is 75.7 Å². The van der Waals surface area contributed by atoms with Gasteiger partial charge in [0.1, 0.15) is 5.69 Å². The molecule has 0 bridgehead atoms. The van der Waals surface area contributed by atoms with Crippen molar-refractivity contribution in [1.82, 2.24) is 10.2 Å². The molecule has 0 aromatic heterocycles. The second-order valence-corrected chi connectivity index (χ2v) is 8.33. The number of anilines is 1. The van der Waals surface area contributed by atoms with Crippen molar-refractivity contribution in [1.29, 1.82) is 0 Å². The second kappa shape index (κ2) is 8.77. The first-order chi connectivity index (χ1) is 13.4. The van der Waals surface area contributed by atoms with Crippen LogP contribution in [-0.4, -0.2) is 55.0 Å². The predicted molar refractivity (Wildman–Crippen MR) is 110 cm³/mol. The number of rotatable bonds is 6. The van der Waals surface area contributed by atoms with E-state index >= 15 is 0 Å². The van der Waals surface area contributed by atoms with E-state index in [9.17, 15) is 14.1 Å². The molecule has 0 spiro atoms. The van der Waals surface area contributed by atoms with Gasteiger partial charge in [0.05, 0.1) is 5.56 Å². The molecule has 1 N–H and O–H groups in total. The van der Waals surface area contributed by atoms with Gasteiger partial charge in [0.25, 0.3) is 11.8 Å². The number of carbonyl (C=O) groups is 2. The molecule has 0 aliphatic carbocycles. The Morgan fingerprint density at radius 1 is 1.18 bits per heavy atom. The average molecular weight is 400 g/mol. The summed E-state index contributed by atoms with van der Waals surface area (Å²) in [5.74, 6) is -0.397. The van der Waals surface area contributed by atoms with Crippen LogP contribution < -0.4 is 10.2 Å². The lowest BCUT2D eigenvalue weighted by Gasteiger charge is -2.20. The normalized spacial score (nSPS) is 15.8. The van der Waals surface area contributed by atoms with Crippen LogP contribution in [-0.2, 0) is 11.2 Å². The second-order valence-electron chi connectivity index (χ2n) is 6.91. The molecule has 3 rings (SSSR count). The highest BCUT2D eigenvalue weighted by molar-refractivity contribution is 7.91. The molecule has 148 valence electrons. The summed E-state index contributed by atoms with van der Waals surface area (Å²) < 4.78 is 13.1. The zero-order chi connectivity index (χ0) is 20.3. The Morgan fingerprint density at radius 2 is 1.93 bits per heavy atom. The molecule has 2 aromatic carbocycles. The van der Waals surface area contributed by atoms with Crippen LogP contribution in [0.3, 0.4) is 0 Å². The van der Waals surface area contributed by atoms with Crippen molar-refractivity contribution in [3.05, 3.63) is 53.6 Å². The molecule has 0 saturated heterocycles. The van der Waals surface area contributed by atoms with E-state index in [1.807, 2.05) is 21.0 Å². The van der Waals surface area contributed by atoms with E-state index in [1.54, 1.807) is 47.4 Å². The number of hydrogen-bond donors (Lipinski definition) is 1. The molecule has 2 aromatic rings. The molecule has 0 radical (unpaired) electrons. The zero-order valence-corrected chi connectivity index (χ0v) is 17.2. The molecule has 2 amide bonds. The molecule has 0 fully saturated rings. The lowest BCUT2D eigenvalue weighted by molar-refractivity contribution is 0.0949.